The van der Waals surface area contributed by atoms with Crippen LogP contribution in [-0.4, -0.2) is 27.3 Å². The number of rotatable bonds is 5. The third kappa shape index (κ3) is 4.08. The summed E-state index contributed by atoms with van der Waals surface area (Å²) in [6.07, 6.45) is 4.11. The minimum atomic E-state index is -0.216. The predicted molar refractivity (Wildman–Crippen MR) is 77.6 cm³/mol. The van der Waals surface area contributed by atoms with Crippen molar-refractivity contribution in [1.29, 1.82) is 0 Å². The molecule has 2 aromatic heterocycles. The van der Waals surface area contributed by atoms with Crippen molar-refractivity contribution in [2.45, 2.75) is 26.8 Å². The number of aromatic nitrogens is 3. The number of amides is 2. The van der Waals surface area contributed by atoms with Crippen LogP contribution in [0.25, 0.3) is 0 Å². The molecule has 2 rings (SSSR count). The van der Waals surface area contributed by atoms with Crippen molar-refractivity contribution >= 4 is 11.7 Å². The van der Waals surface area contributed by atoms with Crippen molar-refractivity contribution < 1.29 is 4.79 Å². The Bertz CT molecular complexity index is 564. The second-order valence-electron chi connectivity index (χ2n) is 4.63. The first-order valence-electron chi connectivity index (χ1n) is 6.61. The number of urea groups is 1. The highest BCUT2D eigenvalue weighted by atomic mass is 16.2. The normalized spacial score (nSPS) is 10.3. The first-order valence-corrected chi connectivity index (χ1v) is 6.61. The van der Waals surface area contributed by atoms with Crippen molar-refractivity contribution in [3.05, 3.63) is 42.0 Å². The van der Waals surface area contributed by atoms with E-state index in [0.717, 1.165) is 24.4 Å². The number of hydrogen-bond acceptors (Lipinski definition) is 3. The van der Waals surface area contributed by atoms with Crippen LogP contribution in [0.4, 0.5) is 10.5 Å². The molecule has 0 saturated carbocycles. The second kappa shape index (κ2) is 6.70. The molecule has 20 heavy (non-hydrogen) atoms. The largest absolute Gasteiger partial charge is 0.338 e. The van der Waals surface area contributed by atoms with Crippen LogP contribution in [0.5, 0.6) is 0 Å². The van der Waals surface area contributed by atoms with Crippen LogP contribution in [0.1, 0.15) is 17.8 Å². The zero-order chi connectivity index (χ0) is 14.4. The molecule has 0 aliphatic heterocycles. The Morgan fingerprint density at radius 3 is 2.90 bits per heavy atom. The van der Waals surface area contributed by atoms with Crippen molar-refractivity contribution in [3.8, 4) is 0 Å². The van der Waals surface area contributed by atoms with Crippen LogP contribution in [0.2, 0.25) is 0 Å². The maximum absolute atomic E-state index is 11.6. The zero-order valence-corrected chi connectivity index (χ0v) is 11.8. The minimum Gasteiger partial charge on any atom is -0.338 e. The summed E-state index contributed by atoms with van der Waals surface area (Å²) in [6.45, 7) is 5.41. The van der Waals surface area contributed by atoms with Gasteiger partial charge in [-0.1, -0.05) is 0 Å². The number of hydrogen-bond donors (Lipinski definition) is 2. The molecule has 0 aliphatic rings. The fourth-order valence-electron chi connectivity index (χ4n) is 1.94. The summed E-state index contributed by atoms with van der Waals surface area (Å²) in [6, 6.07) is 5.40. The molecule has 2 heterocycles. The van der Waals surface area contributed by atoms with Gasteiger partial charge in [0.1, 0.15) is 0 Å². The summed E-state index contributed by atoms with van der Waals surface area (Å²) in [4.78, 5) is 15.6. The number of carbonyl (C=O) groups is 1. The molecule has 106 valence electrons. The van der Waals surface area contributed by atoms with E-state index in [2.05, 4.69) is 20.7 Å². The molecule has 2 amide bonds. The van der Waals surface area contributed by atoms with Crippen molar-refractivity contribution in [2.24, 2.45) is 0 Å². The maximum atomic E-state index is 11.6. The molecule has 0 bridgehead atoms. The smallest absolute Gasteiger partial charge is 0.319 e. The number of aryl methyl sites for hydroxylation is 3. The van der Waals surface area contributed by atoms with Crippen LogP contribution in [0, 0.1) is 13.8 Å². The molecule has 0 spiro atoms. The fourth-order valence-corrected chi connectivity index (χ4v) is 1.94. The molecular weight excluding hydrogens is 254 g/mol. The first-order chi connectivity index (χ1) is 9.65. The number of nitrogens with zero attached hydrogens (tertiary/aromatic N) is 3. The molecule has 2 N–H and O–H groups in total. The van der Waals surface area contributed by atoms with E-state index in [1.807, 2.05) is 24.6 Å². The lowest BCUT2D eigenvalue weighted by atomic mass is 10.4. The zero-order valence-electron chi connectivity index (χ0n) is 11.8. The van der Waals surface area contributed by atoms with E-state index < -0.39 is 0 Å². The van der Waals surface area contributed by atoms with Gasteiger partial charge in [-0.15, -0.1) is 0 Å². The highest BCUT2D eigenvalue weighted by molar-refractivity contribution is 5.88. The highest BCUT2D eigenvalue weighted by Gasteiger charge is 2.02. The topological polar surface area (TPSA) is 71.8 Å². The van der Waals surface area contributed by atoms with Crippen molar-refractivity contribution in [1.82, 2.24) is 20.1 Å². The Morgan fingerprint density at radius 2 is 2.25 bits per heavy atom. The molecule has 0 aliphatic carbocycles. The summed E-state index contributed by atoms with van der Waals surface area (Å²) >= 11 is 0. The number of pyridine rings is 1. The van der Waals surface area contributed by atoms with Gasteiger partial charge in [0.05, 0.1) is 17.6 Å². The Morgan fingerprint density at radius 1 is 1.40 bits per heavy atom. The quantitative estimate of drug-likeness (QED) is 0.819. The third-order valence-corrected chi connectivity index (χ3v) is 2.86. The summed E-state index contributed by atoms with van der Waals surface area (Å²) in [5.74, 6) is 0. The lowest BCUT2D eigenvalue weighted by Gasteiger charge is -2.08. The summed E-state index contributed by atoms with van der Waals surface area (Å²) in [7, 11) is 0. The number of carbonyl (C=O) groups excluding carboxylic acids is 1. The van der Waals surface area contributed by atoms with Crippen LogP contribution in [0.15, 0.2) is 30.6 Å². The van der Waals surface area contributed by atoms with Crippen LogP contribution in [-0.2, 0) is 6.54 Å². The van der Waals surface area contributed by atoms with E-state index >= 15 is 0 Å². The van der Waals surface area contributed by atoms with Gasteiger partial charge in [0.25, 0.3) is 0 Å². The minimum absolute atomic E-state index is 0.216. The van der Waals surface area contributed by atoms with Crippen LogP contribution >= 0.6 is 0 Å². The van der Waals surface area contributed by atoms with E-state index in [1.54, 1.807) is 24.5 Å². The van der Waals surface area contributed by atoms with Gasteiger partial charge >= 0.3 is 6.03 Å². The Balaban J connectivity index is 1.68. The van der Waals surface area contributed by atoms with Crippen LogP contribution < -0.4 is 10.6 Å². The van der Waals surface area contributed by atoms with Gasteiger partial charge in [-0.25, -0.2) is 4.79 Å². The lowest BCUT2D eigenvalue weighted by Crippen LogP contribution is -2.30. The molecule has 0 atom stereocenters. The molecule has 6 heteroatoms. The summed E-state index contributed by atoms with van der Waals surface area (Å²) < 4.78 is 1.95. The van der Waals surface area contributed by atoms with E-state index in [4.69, 9.17) is 0 Å². The monoisotopic (exact) mass is 273 g/mol. The van der Waals surface area contributed by atoms with E-state index in [-0.39, 0.29) is 6.03 Å². The van der Waals surface area contributed by atoms with Gasteiger partial charge < -0.3 is 10.6 Å². The molecule has 2 aromatic rings. The number of anilines is 1. The second-order valence-corrected chi connectivity index (χ2v) is 4.63. The average Bonchev–Trinajstić information content (AvgIpc) is 2.74. The SMILES string of the molecule is Cc1cc(C)n(CCCNC(=O)Nc2cccnc2)n1. The Hall–Kier alpha value is -2.37. The van der Waals surface area contributed by atoms with E-state index in [1.165, 1.54) is 0 Å². The van der Waals surface area contributed by atoms with E-state index in [9.17, 15) is 4.79 Å². The van der Waals surface area contributed by atoms with Crippen LogP contribution in [0.3, 0.4) is 0 Å². The fraction of sp³-hybridized carbons (Fsp3) is 0.357. The van der Waals surface area contributed by atoms with Crippen molar-refractivity contribution in [2.75, 3.05) is 11.9 Å². The molecule has 0 unspecified atom stereocenters. The summed E-state index contributed by atoms with van der Waals surface area (Å²) in [5, 5.41) is 9.90. The van der Waals surface area contributed by atoms with Gasteiger partial charge in [-0.3, -0.25) is 9.67 Å². The molecule has 0 fully saturated rings. The molecule has 0 radical (unpaired) electrons. The van der Waals surface area contributed by atoms with Crippen molar-refractivity contribution in [3.63, 3.8) is 0 Å². The summed E-state index contributed by atoms with van der Waals surface area (Å²) in [5.41, 5.74) is 2.84. The number of nitrogens with one attached hydrogen (secondary N) is 2. The van der Waals surface area contributed by atoms with E-state index in [0.29, 0.717) is 12.2 Å². The van der Waals surface area contributed by atoms with Gasteiger partial charge in [0, 0.05) is 25.0 Å². The Kier molecular flexibility index (Phi) is 4.70. The highest BCUT2D eigenvalue weighted by Crippen LogP contribution is 2.03. The molecule has 0 saturated heterocycles. The first kappa shape index (κ1) is 14.0. The van der Waals surface area contributed by atoms with Gasteiger partial charge in [0.15, 0.2) is 0 Å². The average molecular weight is 273 g/mol. The van der Waals surface area contributed by atoms with Gasteiger partial charge in [-0.2, -0.15) is 5.10 Å². The lowest BCUT2D eigenvalue weighted by molar-refractivity contribution is 0.251. The molecule has 6 nitrogen and oxygen atoms in total. The Labute approximate surface area is 118 Å². The predicted octanol–water partition coefficient (Wildman–Crippen LogP) is 2.11. The standard InChI is InChI=1S/C14H19N5O/c1-11-9-12(2)19(18-11)8-4-7-16-14(20)17-13-5-3-6-15-10-13/h3,5-6,9-10H,4,7-8H2,1-2H3,(H2,16,17,20). The molecule has 0 aromatic carbocycles. The van der Waals surface area contributed by atoms with Gasteiger partial charge in [-0.05, 0) is 38.5 Å². The van der Waals surface area contributed by atoms with Gasteiger partial charge in [0.2, 0.25) is 0 Å². The maximum Gasteiger partial charge on any atom is 0.319 e. The third-order valence-electron chi connectivity index (χ3n) is 2.86. The molecular formula is C14H19N5O.